The van der Waals surface area contributed by atoms with Crippen LogP contribution in [0.25, 0.3) is 11.0 Å². The number of piperidine rings is 1. The van der Waals surface area contributed by atoms with E-state index in [2.05, 4.69) is 22.1 Å². The molecule has 1 fully saturated rings. The lowest BCUT2D eigenvalue weighted by molar-refractivity contribution is 0.0702. The number of pyridine rings is 1. The molecule has 5 nitrogen and oxygen atoms in total. The molecule has 2 aromatic heterocycles. The molecule has 1 amide bonds. The third-order valence-corrected chi connectivity index (χ3v) is 4.89. The van der Waals surface area contributed by atoms with E-state index < -0.39 is 0 Å². The molecule has 0 spiro atoms. The van der Waals surface area contributed by atoms with E-state index in [-0.39, 0.29) is 5.91 Å². The van der Waals surface area contributed by atoms with E-state index in [0.717, 1.165) is 25.7 Å². The van der Waals surface area contributed by atoms with Gasteiger partial charge in [0.05, 0.1) is 11.0 Å². The molecule has 1 aliphatic heterocycles. The van der Waals surface area contributed by atoms with Gasteiger partial charge in [-0.15, -0.1) is 0 Å². The molecular weight excluding hydrogens is 314 g/mol. The number of aromatic amines is 1. The van der Waals surface area contributed by atoms with Crippen molar-refractivity contribution < 1.29 is 9.59 Å². The summed E-state index contributed by atoms with van der Waals surface area (Å²) in [5, 5.41) is 0. The zero-order valence-electron chi connectivity index (χ0n) is 13.8. The highest BCUT2D eigenvalue weighted by Crippen LogP contribution is 2.28. The first-order chi connectivity index (χ1) is 12.3. The van der Waals surface area contributed by atoms with Crippen LogP contribution in [0.2, 0.25) is 0 Å². The SMILES string of the molecule is O=Cc1ccnc2cc(C(=O)N3CCCC(c4ccccc4)C3)[nH]c12. The number of nitrogens with one attached hydrogen (secondary N) is 1. The highest BCUT2D eigenvalue weighted by Gasteiger charge is 2.26. The predicted octanol–water partition coefficient (Wildman–Crippen LogP) is 3.40. The Morgan fingerprint density at radius 1 is 1.24 bits per heavy atom. The first kappa shape index (κ1) is 15.6. The number of hydrogen-bond donors (Lipinski definition) is 1. The van der Waals surface area contributed by atoms with Crippen LogP contribution in [0.4, 0.5) is 0 Å². The van der Waals surface area contributed by atoms with Gasteiger partial charge in [-0.25, -0.2) is 0 Å². The van der Waals surface area contributed by atoms with Crippen molar-refractivity contribution in [3.63, 3.8) is 0 Å². The van der Waals surface area contributed by atoms with Crippen molar-refractivity contribution >= 4 is 23.2 Å². The molecule has 1 atom stereocenters. The molecule has 1 saturated heterocycles. The summed E-state index contributed by atoms with van der Waals surface area (Å²) in [6.07, 6.45) is 4.45. The molecule has 1 unspecified atom stereocenters. The molecule has 1 aromatic carbocycles. The lowest BCUT2D eigenvalue weighted by Gasteiger charge is -2.32. The van der Waals surface area contributed by atoms with Gasteiger partial charge in [-0.05, 0) is 30.5 Å². The van der Waals surface area contributed by atoms with E-state index >= 15 is 0 Å². The second-order valence-corrected chi connectivity index (χ2v) is 6.46. The van der Waals surface area contributed by atoms with Crippen molar-refractivity contribution in [1.29, 1.82) is 0 Å². The van der Waals surface area contributed by atoms with Gasteiger partial charge in [-0.1, -0.05) is 30.3 Å². The van der Waals surface area contributed by atoms with E-state index in [9.17, 15) is 9.59 Å². The van der Waals surface area contributed by atoms with Crippen molar-refractivity contribution in [3.05, 3.63) is 65.5 Å². The smallest absolute Gasteiger partial charge is 0.270 e. The summed E-state index contributed by atoms with van der Waals surface area (Å²) in [6.45, 7) is 1.47. The summed E-state index contributed by atoms with van der Waals surface area (Å²) in [6, 6.07) is 13.7. The van der Waals surface area contributed by atoms with Crippen LogP contribution in [0.5, 0.6) is 0 Å². The molecule has 5 heteroatoms. The Morgan fingerprint density at radius 2 is 2.08 bits per heavy atom. The van der Waals surface area contributed by atoms with Gasteiger partial charge in [0.15, 0.2) is 6.29 Å². The fraction of sp³-hybridized carbons (Fsp3) is 0.250. The van der Waals surface area contributed by atoms with Crippen LogP contribution in [0.15, 0.2) is 48.7 Å². The maximum Gasteiger partial charge on any atom is 0.270 e. The molecule has 0 aliphatic carbocycles. The molecule has 0 saturated carbocycles. The van der Waals surface area contributed by atoms with Crippen LogP contribution in [-0.2, 0) is 0 Å². The monoisotopic (exact) mass is 333 g/mol. The van der Waals surface area contributed by atoms with Crippen molar-refractivity contribution in [3.8, 4) is 0 Å². The van der Waals surface area contributed by atoms with Gasteiger partial charge in [0.25, 0.3) is 5.91 Å². The van der Waals surface area contributed by atoms with Gasteiger partial charge in [-0.2, -0.15) is 0 Å². The highest BCUT2D eigenvalue weighted by atomic mass is 16.2. The number of hydrogen-bond acceptors (Lipinski definition) is 3. The third-order valence-electron chi connectivity index (χ3n) is 4.89. The van der Waals surface area contributed by atoms with Crippen LogP contribution in [0.1, 0.15) is 45.2 Å². The Hall–Kier alpha value is -2.95. The summed E-state index contributed by atoms with van der Waals surface area (Å²) in [5.74, 6) is 0.336. The minimum atomic E-state index is -0.0320. The molecule has 25 heavy (non-hydrogen) atoms. The topological polar surface area (TPSA) is 66.1 Å². The standard InChI is InChI=1S/C20H19N3O2/c24-13-16-8-9-21-17-11-18(22-19(16)17)20(25)23-10-4-7-15(12-23)14-5-2-1-3-6-14/h1-3,5-6,8-9,11,13,15,22H,4,7,10,12H2. The lowest BCUT2D eigenvalue weighted by atomic mass is 9.90. The molecule has 0 bridgehead atoms. The van der Waals surface area contributed by atoms with Crippen molar-refractivity contribution in [2.45, 2.75) is 18.8 Å². The Balaban J connectivity index is 1.59. The normalized spacial score (nSPS) is 17.6. The van der Waals surface area contributed by atoms with E-state index in [0.29, 0.717) is 34.8 Å². The molecule has 1 aliphatic rings. The van der Waals surface area contributed by atoms with Gasteiger partial charge in [0, 0.05) is 30.8 Å². The first-order valence-corrected chi connectivity index (χ1v) is 8.53. The minimum Gasteiger partial charge on any atom is -0.349 e. The number of fused-ring (bicyclic) bond motifs is 1. The van der Waals surface area contributed by atoms with Crippen LogP contribution < -0.4 is 0 Å². The minimum absolute atomic E-state index is 0.0320. The Morgan fingerprint density at radius 3 is 2.88 bits per heavy atom. The summed E-state index contributed by atoms with van der Waals surface area (Å²) < 4.78 is 0. The van der Waals surface area contributed by atoms with E-state index in [4.69, 9.17) is 0 Å². The van der Waals surface area contributed by atoms with Crippen molar-refractivity contribution in [2.24, 2.45) is 0 Å². The number of H-pyrrole nitrogens is 1. The second kappa shape index (κ2) is 6.51. The average Bonchev–Trinajstić information content (AvgIpc) is 3.12. The van der Waals surface area contributed by atoms with Gasteiger partial charge in [-0.3, -0.25) is 14.6 Å². The van der Waals surface area contributed by atoms with Gasteiger partial charge >= 0.3 is 0 Å². The molecule has 1 N–H and O–H groups in total. The molecule has 4 rings (SSSR count). The third kappa shape index (κ3) is 2.93. The zero-order chi connectivity index (χ0) is 17.2. The van der Waals surface area contributed by atoms with Crippen LogP contribution in [0.3, 0.4) is 0 Å². The van der Waals surface area contributed by atoms with Crippen LogP contribution >= 0.6 is 0 Å². The van der Waals surface area contributed by atoms with E-state index in [1.165, 1.54) is 5.56 Å². The summed E-state index contributed by atoms with van der Waals surface area (Å²) >= 11 is 0. The Labute approximate surface area is 145 Å². The summed E-state index contributed by atoms with van der Waals surface area (Å²) in [4.78, 5) is 33.3. The summed E-state index contributed by atoms with van der Waals surface area (Å²) in [7, 11) is 0. The number of carbonyl (C=O) groups is 2. The lowest BCUT2D eigenvalue weighted by Crippen LogP contribution is -2.39. The number of carbonyl (C=O) groups excluding carboxylic acids is 2. The van der Waals surface area contributed by atoms with Gasteiger partial charge in [0.1, 0.15) is 5.69 Å². The summed E-state index contributed by atoms with van der Waals surface area (Å²) in [5.41, 5.74) is 3.55. The predicted molar refractivity (Wildman–Crippen MR) is 95.8 cm³/mol. The highest BCUT2D eigenvalue weighted by molar-refractivity contribution is 6.01. The number of likely N-dealkylation sites (tertiary alicyclic amines) is 1. The molecule has 3 heterocycles. The Bertz CT molecular complexity index is 917. The molecule has 126 valence electrons. The number of benzene rings is 1. The van der Waals surface area contributed by atoms with Crippen LogP contribution in [-0.4, -0.2) is 40.2 Å². The fourth-order valence-electron chi connectivity index (χ4n) is 3.59. The maximum atomic E-state index is 12.9. The van der Waals surface area contributed by atoms with E-state index in [1.54, 1.807) is 18.3 Å². The number of aromatic nitrogens is 2. The number of nitrogens with zero attached hydrogens (tertiary/aromatic N) is 2. The number of rotatable bonds is 3. The van der Waals surface area contributed by atoms with Crippen LogP contribution in [0, 0.1) is 0 Å². The zero-order valence-corrected chi connectivity index (χ0v) is 13.8. The largest absolute Gasteiger partial charge is 0.349 e. The second-order valence-electron chi connectivity index (χ2n) is 6.46. The van der Waals surface area contributed by atoms with Crippen molar-refractivity contribution in [2.75, 3.05) is 13.1 Å². The van der Waals surface area contributed by atoms with Crippen molar-refractivity contribution in [1.82, 2.24) is 14.9 Å². The molecule has 0 radical (unpaired) electrons. The molecule has 3 aromatic rings. The fourth-order valence-corrected chi connectivity index (χ4v) is 3.59. The quantitative estimate of drug-likeness (QED) is 0.747. The Kier molecular flexibility index (Phi) is 4.06. The van der Waals surface area contributed by atoms with E-state index in [1.807, 2.05) is 23.1 Å². The number of aldehydes is 1. The first-order valence-electron chi connectivity index (χ1n) is 8.53. The molecular formula is C20H19N3O2. The van der Waals surface area contributed by atoms with Gasteiger partial charge in [0.2, 0.25) is 0 Å². The maximum absolute atomic E-state index is 12.9. The number of amides is 1. The van der Waals surface area contributed by atoms with Gasteiger partial charge < -0.3 is 9.88 Å². The average molecular weight is 333 g/mol.